The third-order valence-electron chi connectivity index (χ3n) is 3.18. The molecule has 0 aliphatic rings. The Morgan fingerprint density at radius 1 is 1.13 bits per heavy atom. The van der Waals surface area contributed by atoms with Crippen LogP contribution < -0.4 is 5.43 Å². The number of hydrogen-bond donors (Lipinski definition) is 2. The van der Waals surface area contributed by atoms with Gasteiger partial charge < -0.3 is 5.11 Å². The van der Waals surface area contributed by atoms with Crippen LogP contribution in [0.15, 0.2) is 53.8 Å². The molecule has 0 aliphatic carbocycles. The average Bonchev–Trinajstić information content (AvgIpc) is 2.56. The van der Waals surface area contributed by atoms with Gasteiger partial charge in [-0.05, 0) is 55.7 Å². The van der Waals surface area contributed by atoms with Crippen molar-refractivity contribution >= 4 is 17.4 Å². The summed E-state index contributed by atoms with van der Waals surface area (Å²) in [5.74, 6) is -1.11. The Morgan fingerprint density at radius 2 is 1.87 bits per heavy atom. The molecule has 2 aromatic rings. The second-order valence-corrected chi connectivity index (χ2v) is 4.99. The van der Waals surface area contributed by atoms with E-state index < -0.39 is 5.97 Å². The molecule has 0 spiro atoms. The minimum Gasteiger partial charge on any atom is -0.481 e. The van der Waals surface area contributed by atoms with Crippen molar-refractivity contribution in [2.24, 2.45) is 5.10 Å². The largest absolute Gasteiger partial charge is 0.481 e. The molecular formula is C17H18FN3O2. The number of aromatic nitrogens is 1. The molecule has 120 valence electrons. The molecule has 2 N–H and O–H groups in total. The van der Waals surface area contributed by atoms with Crippen molar-refractivity contribution in [2.75, 3.05) is 5.43 Å². The van der Waals surface area contributed by atoms with Gasteiger partial charge in [-0.15, -0.1) is 0 Å². The Labute approximate surface area is 133 Å². The van der Waals surface area contributed by atoms with E-state index in [-0.39, 0.29) is 12.2 Å². The van der Waals surface area contributed by atoms with Crippen LogP contribution in [0, 0.1) is 5.82 Å². The molecule has 0 amide bonds. The van der Waals surface area contributed by atoms with Gasteiger partial charge in [0.05, 0.1) is 17.1 Å². The Kier molecular flexibility index (Phi) is 6.23. The molecule has 1 aromatic heterocycles. The smallest absolute Gasteiger partial charge is 0.303 e. The van der Waals surface area contributed by atoms with Crippen LogP contribution in [0.1, 0.15) is 31.4 Å². The molecular weight excluding hydrogens is 297 g/mol. The predicted octanol–water partition coefficient (Wildman–Crippen LogP) is 3.68. The molecule has 5 nitrogen and oxygen atoms in total. The summed E-state index contributed by atoms with van der Waals surface area (Å²) >= 11 is 0. The van der Waals surface area contributed by atoms with Gasteiger partial charge in [0.25, 0.3) is 0 Å². The number of halogens is 1. The Balaban J connectivity index is 2.04. The molecule has 2 rings (SSSR count). The summed E-state index contributed by atoms with van der Waals surface area (Å²) in [7, 11) is 0. The minimum absolute atomic E-state index is 0.140. The molecule has 0 aliphatic heterocycles. The number of unbranched alkanes of at least 4 members (excludes halogenated alkanes) is 1. The maximum Gasteiger partial charge on any atom is 0.303 e. The topological polar surface area (TPSA) is 74.6 Å². The highest BCUT2D eigenvalue weighted by Gasteiger charge is 2.06. The van der Waals surface area contributed by atoms with Gasteiger partial charge >= 0.3 is 5.97 Å². The first-order valence-electron chi connectivity index (χ1n) is 7.36. The summed E-state index contributed by atoms with van der Waals surface area (Å²) < 4.78 is 12.9. The van der Waals surface area contributed by atoms with Crippen molar-refractivity contribution in [3.8, 4) is 0 Å². The summed E-state index contributed by atoms with van der Waals surface area (Å²) in [5.41, 5.74) is 5.03. The highest BCUT2D eigenvalue weighted by Crippen LogP contribution is 2.11. The van der Waals surface area contributed by atoms with E-state index in [1.807, 2.05) is 18.2 Å². The lowest BCUT2D eigenvalue weighted by molar-refractivity contribution is -0.137. The third kappa shape index (κ3) is 5.86. The fourth-order valence-electron chi connectivity index (χ4n) is 2.00. The lowest BCUT2D eigenvalue weighted by Crippen LogP contribution is -2.07. The Bertz CT molecular complexity index is 657. The fraction of sp³-hybridized carbons (Fsp3) is 0.235. The van der Waals surface area contributed by atoms with Gasteiger partial charge in [0.2, 0.25) is 0 Å². The van der Waals surface area contributed by atoms with E-state index in [1.54, 1.807) is 18.3 Å². The first-order valence-corrected chi connectivity index (χ1v) is 7.36. The summed E-state index contributed by atoms with van der Waals surface area (Å²) in [4.78, 5) is 14.8. The molecule has 6 heteroatoms. The van der Waals surface area contributed by atoms with Crippen molar-refractivity contribution in [1.29, 1.82) is 0 Å². The second kappa shape index (κ2) is 8.63. The molecule has 0 saturated carbocycles. The van der Waals surface area contributed by atoms with Gasteiger partial charge in [0, 0.05) is 12.6 Å². The molecule has 0 saturated heterocycles. The van der Waals surface area contributed by atoms with E-state index >= 15 is 0 Å². The molecule has 0 radical (unpaired) electrons. The maximum absolute atomic E-state index is 12.9. The number of benzene rings is 1. The number of aliphatic carboxylic acids is 1. The van der Waals surface area contributed by atoms with Crippen LogP contribution in [0.5, 0.6) is 0 Å². The van der Waals surface area contributed by atoms with Crippen molar-refractivity contribution < 1.29 is 14.3 Å². The maximum atomic E-state index is 12.9. The Hall–Kier alpha value is -2.76. The van der Waals surface area contributed by atoms with Crippen LogP contribution in [-0.4, -0.2) is 21.8 Å². The quantitative estimate of drug-likeness (QED) is 0.443. The van der Waals surface area contributed by atoms with Gasteiger partial charge in [-0.1, -0.05) is 6.07 Å². The van der Waals surface area contributed by atoms with Gasteiger partial charge in [-0.2, -0.15) is 5.10 Å². The highest BCUT2D eigenvalue weighted by molar-refractivity contribution is 5.99. The van der Waals surface area contributed by atoms with E-state index in [4.69, 9.17) is 5.11 Å². The van der Waals surface area contributed by atoms with Gasteiger partial charge in [-0.3, -0.25) is 15.2 Å². The normalized spacial score (nSPS) is 11.3. The van der Waals surface area contributed by atoms with Gasteiger partial charge in [-0.25, -0.2) is 4.39 Å². The lowest BCUT2D eigenvalue weighted by atomic mass is 10.1. The van der Waals surface area contributed by atoms with Crippen LogP contribution in [0.4, 0.5) is 10.1 Å². The highest BCUT2D eigenvalue weighted by atomic mass is 19.1. The van der Waals surface area contributed by atoms with Crippen LogP contribution in [0.3, 0.4) is 0 Å². The number of carboxylic acids is 1. The van der Waals surface area contributed by atoms with Crippen molar-refractivity contribution in [1.82, 2.24) is 4.98 Å². The number of nitrogens with zero attached hydrogens (tertiary/aromatic N) is 2. The molecule has 23 heavy (non-hydrogen) atoms. The molecule has 0 bridgehead atoms. The monoisotopic (exact) mass is 315 g/mol. The van der Waals surface area contributed by atoms with E-state index in [9.17, 15) is 9.18 Å². The fourth-order valence-corrected chi connectivity index (χ4v) is 2.00. The first kappa shape index (κ1) is 16.6. The summed E-state index contributed by atoms with van der Waals surface area (Å²) in [6.07, 6.45) is 3.71. The number of carbonyl (C=O) groups is 1. The zero-order valence-corrected chi connectivity index (χ0v) is 12.6. The first-order chi connectivity index (χ1) is 11.1. The van der Waals surface area contributed by atoms with Gasteiger partial charge in [0.15, 0.2) is 0 Å². The third-order valence-corrected chi connectivity index (χ3v) is 3.18. The number of hydrogen-bond acceptors (Lipinski definition) is 4. The number of carboxylic acid groups (broad SMARTS) is 1. The number of hydrazone groups is 1. The number of pyridine rings is 1. The molecule has 1 aromatic carbocycles. The predicted molar refractivity (Wildman–Crippen MR) is 86.9 cm³/mol. The summed E-state index contributed by atoms with van der Waals surface area (Å²) in [6, 6.07) is 11.4. The average molecular weight is 315 g/mol. The molecule has 1 heterocycles. The van der Waals surface area contributed by atoms with Gasteiger partial charge in [0.1, 0.15) is 5.82 Å². The molecule has 0 unspecified atom stereocenters. The number of rotatable bonds is 8. The van der Waals surface area contributed by atoms with Crippen LogP contribution in [0.2, 0.25) is 0 Å². The van der Waals surface area contributed by atoms with Crippen LogP contribution in [-0.2, 0) is 4.79 Å². The van der Waals surface area contributed by atoms with E-state index in [1.165, 1.54) is 12.1 Å². The second-order valence-electron chi connectivity index (χ2n) is 4.99. The van der Waals surface area contributed by atoms with Crippen molar-refractivity contribution in [3.63, 3.8) is 0 Å². The van der Waals surface area contributed by atoms with E-state index in [0.29, 0.717) is 24.9 Å². The summed E-state index contributed by atoms with van der Waals surface area (Å²) in [5, 5.41) is 13.0. The van der Waals surface area contributed by atoms with Crippen molar-refractivity contribution in [2.45, 2.75) is 25.7 Å². The SMILES string of the molecule is O=C(O)CCCC/C(=N/Nc1ccc(F)cc1)c1ccccn1. The van der Waals surface area contributed by atoms with E-state index in [0.717, 1.165) is 11.4 Å². The summed E-state index contributed by atoms with van der Waals surface area (Å²) in [6.45, 7) is 0. The zero-order valence-electron chi connectivity index (χ0n) is 12.6. The lowest BCUT2D eigenvalue weighted by Gasteiger charge is -2.07. The molecule has 0 atom stereocenters. The number of nitrogens with one attached hydrogen (secondary N) is 1. The van der Waals surface area contributed by atoms with Crippen LogP contribution >= 0.6 is 0 Å². The zero-order chi connectivity index (χ0) is 16.5. The minimum atomic E-state index is -0.800. The van der Waals surface area contributed by atoms with Crippen LogP contribution in [0.25, 0.3) is 0 Å². The Morgan fingerprint density at radius 3 is 2.52 bits per heavy atom. The van der Waals surface area contributed by atoms with E-state index in [2.05, 4.69) is 15.5 Å². The standard InChI is InChI=1S/C17H18FN3O2/c18-13-8-10-14(11-9-13)20-21-16(6-1-2-7-17(22)23)15-5-3-4-12-19-15/h3-5,8-12,20H,1-2,6-7H2,(H,22,23)/b21-16-. The molecule has 0 fully saturated rings. The van der Waals surface area contributed by atoms with Crippen molar-refractivity contribution in [3.05, 3.63) is 60.2 Å². The number of anilines is 1.